The van der Waals surface area contributed by atoms with Crippen molar-refractivity contribution in [3.63, 3.8) is 0 Å². The van der Waals surface area contributed by atoms with Gasteiger partial charge in [-0.2, -0.15) is 0 Å². The highest BCUT2D eigenvalue weighted by molar-refractivity contribution is 5.96. The van der Waals surface area contributed by atoms with Crippen LogP contribution >= 0.6 is 0 Å². The predicted octanol–water partition coefficient (Wildman–Crippen LogP) is 2.87. The van der Waals surface area contributed by atoms with Gasteiger partial charge in [-0.25, -0.2) is 0 Å². The molecule has 2 fully saturated rings. The van der Waals surface area contributed by atoms with Gasteiger partial charge in [-0.15, -0.1) is 0 Å². The molecule has 9 nitrogen and oxygen atoms in total. The zero-order valence-electron chi connectivity index (χ0n) is 22.6. The van der Waals surface area contributed by atoms with Gasteiger partial charge in [-0.05, 0) is 49.8 Å². The standard InChI is InChI=1S/C30H40N2O7/c1-38-24-14-19(17-34)13-21-26-22(30(37)31-11-12-33)16-23(27(36)29(26)39-28(21)24)32(20-9-3-2-4-10-20)25(35)15-18-7-5-6-8-18/h13-14,16-18,20,23,26-27,29,33,36H,2-12,15H2,1H3,(H,31,37). The first kappa shape index (κ1) is 27.6. The Morgan fingerprint density at radius 3 is 2.51 bits per heavy atom. The van der Waals surface area contributed by atoms with Gasteiger partial charge >= 0.3 is 0 Å². The van der Waals surface area contributed by atoms with Crippen molar-refractivity contribution < 1.29 is 34.1 Å². The van der Waals surface area contributed by atoms with E-state index in [9.17, 15) is 24.6 Å². The van der Waals surface area contributed by atoms with Gasteiger partial charge in [0.1, 0.15) is 18.5 Å². The minimum atomic E-state index is -1.09. The Morgan fingerprint density at radius 1 is 1.13 bits per heavy atom. The number of hydrogen-bond acceptors (Lipinski definition) is 7. The van der Waals surface area contributed by atoms with Gasteiger partial charge in [0.05, 0.1) is 25.7 Å². The average molecular weight is 541 g/mol. The maximum Gasteiger partial charge on any atom is 0.247 e. The number of ether oxygens (including phenoxy) is 2. The number of nitrogens with zero attached hydrogens (tertiary/aromatic N) is 1. The number of aliphatic hydroxyl groups excluding tert-OH is 2. The molecule has 4 atom stereocenters. The van der Waals surface area contributed by atoms with E-state index in [1.54, 1.807) is 18.2 Å². The van der Waals surface area contributed by atoms with Gasteiger partial charge in [-0.3, -0.25) is 14.4 Å². The lowest BCUT2D eigenvalue weighted by Gasteiger charge is -2.45. The summed E-state index contributed by atoms with van der Waals surface area (Å²) in [7, 11) is 1.48. The maximum absolute atomic E-state index is 13.9. The first-order valence-corrected chi connectivity index (χ1v) is 14.4. The third-order valence-corrected chi connectivity index (χ3v) is 8.93. The number of fused-ring (bicyclic) bond motifs is 3. The van der Waals surface area contributed by atoms with Crippen molar-refractivity contribution in [3.8, 4) is 11.5 Å². The lowest BCUT2D eigenvalue weighted by atomic mass is 9.76. The van der Waals surface area contributed by atoms with Crippen LogP contribution in [0.25, 0.3) is 0 Å². The van der Waals surface area contributed by atoms with E-state index in [1.165, 1.54) is 7.11 Å². The number of methoxy groups -OCH3 is 1. The molecule has 1 aliphatic heterocycles. The molecule has 9 heteroatoms. The molecule has 2 amide bonds. The lowest BCUT2D eigenvalue weighted by molar-refractivity contribution is -0.142. The quantitative estimate of drug-likeness (QED) is 0.411. The third kappa shape index (κ3) is 5.43. The summed E-state index contributed by atoms with van der Waals surface area (Å²) in [6, 6.07) is 2.49. The molecule has 212 valence electrons. The second-order valence-corrected chi connectivity index (χ2v) is 11.3. The Bertz CT molecular complexity index is 1110. The van der Waals surface area contributed by atoms with E-state index in [4.69, 9.17) is 9.47 Å². The first-order chi connectivity index (χ1) is 19.0. The summed E-state index contributed by atoms with van der Waals surface area (Å²) in [5, 5.41) is 23.9. The smallest absolute Gasteiger partial charge is 0.247 e. The van der Waals surface area contributed by atoms with Crippen LogP contribution in [-0.2, 0) is 9.59 Å². The summed E-state index contributed by atoms with van der Waals surface area (Å²) in [6.07, 6.45) is 10.2. The minimum Gasteiger partial charge on any atom is -0.493 e. The summed E-state index contributed by atoms with van der Waals surface area (Å²) in [5.74, 6) is 0.0708. The summed E-state index contributed by atoms with van der Waals surface area (Å²) in [4.78, 5) is 41.0. The Balaban J connectivity index is 1.56. The molecular formula is C30H40N2O7. The average Bonchev–Trinajstić information content (AvgIpc) is 3.61. The number of carbonyl (C=O) groups is 3. The normalized spacial score (nSPS) is 26.7. The molecule has 4 unspecified atom stereocenters. The van der Waals surface area contributed by atoms with Crippen molar-refractivity contribution >= 4 is 18.1 Å². The van der Waals surface area contributed by atoms with Crippen LogP contribution in [0.4, 0.5) is 0 Å². The number of rotatable bonds is 9. The van der Waals surface area contributed by atoms with Gasteiger partial charge in [-0.1, -0.05) is 32.1 Å². The number of aldehydes is 1. The molecule has 5 rings (SSSR count). The molecule has 2 saturated carbocycles. The highest BCUT2D eigenvalue weighted by Crippen LogP contribution is 2.51. The summed E-state index contributed by atoms with van der Waals surface area (Å²) < 4.78 is 11.8. The first-order valence-electron chi connectivity index (χ1n) is 14.4. The molecule has 1 aromatic rings. The largest absolute Gasteiger partial charge is 0.493 e. The molecule has 3 aliphatic carbocycles. The summed E-state index contributed by atoms with van der Waals surface area (Å²) in [6.45, 7) is -0.150. The van der Waals surface area contributed by atoms with Crippen molar-refractivity contribution in [2.24, 2.45) is 5.92 Å². The van der Waals surface area contributed by atoms with Crippen LogP contribution in [0.1, 0.15) is 86.0 Å². The number of amides is 2. The Labute approximate surface area is 229 Å². The SMILES string of the molecule is COc1cc(C=O)cc2c1OC1C2C(C(=O)NCCO)=CC(N(C(=O)CC2CCCC2)C2CCCCC2)C1O. The Morgan fingerprint density at radius 2 is 1.85 bits per heavy atom. The Hall–Kier alpha value is -2.91. The van der Waals surface area contributed by atoms with Crippen LogP contribution in [0.5, 0.6) is 11.5 Å². The number of aliphatic hydroxyl groups is 2. The van der Waals surface area contributed by atoms with Crippen LogP contribution in [0.2, 0.25) is 0 Å². The molecule has 0 spiro atoms. The van der Waals surface area contributed by atoms with Gasteiger partial charge in [0.2, 0.25) is 11.8 Å². The third-order valence-electron chi connectivity index (χ3n) is 8.93. The van der Waals surface area contributed by atoms with Crippen LogP contribution in [-0.4, -0.2) is 77.8 Å². The molecular weight excluding hydrogens is 500 g/mol. The van der Waals surface area contributed by atoms with Crippen molar-refractivity contribution in [1.29, 1.82) is 0 Å². The van der Waals surface area contributed by atoms with Gasteiger partial charge in [0, 0.05) is 35.7 Å². The topological polar surface area (TPSA) is 125 Å². The van der Waals surface area contributed by atoms with Crippen LogP contribution < -0.4 is 14.8 Å². The molecule has 1 heterocycles. The van der Waals surface area contributed by atoms with E-state index in [0.29, 0.717) is 46.8 Å². The van der Waals surface area contributed by atoms with Gasteiger partial charge in [0.15, 0.2) is 11.5 Å². The predicted molar refractivity (Wildman–Crippen MR) is 144 cm³/mol. The van der Waals surface area contributed by atoms with E-state index < -0.39 is 30.1 Å². The van der Waals surface area contributed by atoms with Gasteiger partial charge < -0.3 is 29.9 Å². The number of benzene rings is 1. The number of nitrogens with one attached hydrogen (secondary N) is 1. The fourth-order valence-corrected chi connectivity index (χ4v) is 7.07. The second kappa shape index (κ2) is 12.1. The monoisotopic (exact) mass is 540 g/mol. The molecule has 39 heavy (non-hydrogen) atoms. The molecule has 1 aromatic carbocycles. The molecule has 0 radical (unpaired) electrons. The lowest BCUT2D eigenvalue weighted by Crippen LogP contribution is -2.58. The van der Waals surface area contributed by atoms with Crippen LogP contribution in [0, 0.1) is 5.92 Å². The zero-order chi connectivity index (χ0) is 27.5. The fourth-order valence-electron chi connectivity index (χ4n) is 7.07. The highest BCUT2D eigenvalue weighted by atomic mass is 16.5. The molecule has 0 saturated heterocycles. The van der Waals surface area contributed by atoms with E-state index in [-0.39, 0.29) is 25.1 Å². The summed E-state index contributed by atoms with van der Waals surface area (Å²) in [5.41, 5.74) is 1.32. The molecule has 0 aromatic heterocycles. The van der Waals surface area contributed by atoms with Crippen LogP contribution in [0.15, 0.2) is 23.8 Å². The number of hydrogen-bond donors (Lipinski definition) is 3. The van der Waals surface area contributed by atoms with Crippen LogP contribution in [0.3, 0.4) is 0 Å². The molecule has 3 N–H and O–H groups in total. The van der Waals surface area contributed by atoms with Crippen molar-refractivity contribution in [2.45, 2.75) is 94.4 Å². The summed E-state index contributed by atoms with van der Waals surface area (Å²) >= 11 is 0. The second-order valence-electron chi connectivity index (χ2n) is 11.3. The number of carbonyl (C=O) groups excluding carboxylic acids is 3. The maximum atomic E-state index is 13.9. The highest BCUT2D eigenvalue weighted by Gasteiger charge is 2.52. The minimum absolute atomic E-state index is 0.0122. The van der Waals surface area contributed by atoms with E-state index in [0.717, 1.165) is 57.8 Å². The van der Waals surface area contributed by atoms with Crippen molar-refractivity contribution in [1.82, 2.24) is 10.2 Å². The van der Waals surface area contributed by atoms with E-state index in [1.807, 2.05) is 4.90 Å². The van der Waals surface area contributed by atoms with E-state index >= 15 is 0 Å². The molecule has 0 bridgehead atoms. The Kier molecular flexibility index (Phi) is 8.57. The van der Waals surface area contributed by atoms with Crippen molar-refractivity contribution in [3.05, 3.63) is 34.9 Å². The van der Waals surface area contributed by atoms with Gasteiger partial charge in [0.25, 0.3) is 0 Å². The van der Waals surface area contributed by atoms with Crippen molar-refractivity contribution in [2.75, 3.05) is 20.3 Å². The fraction of sp³-hybridized carbons (Fsp3) is 0.633. The molecule has 4 aliphatic rings. The zero-order valence-corrected chi connectivity index (χ0v) is 22.6. The van der Waals surface area contributed by atoms with E-state index in [2.05, 4.69) is 5.32 Å².